The summed E-state index contributed by atoms with van der Waals surface area (Å²) in [7, 11) is 0. The summed E-state index contributed by atoms with van der Waals surface area (Å²) >= 11 is 6.04. The third-order valence-corrected chi connectivity index (χ3v) is 3.75. The maximum Gasteiger partial charge on any atom is 0.291 e. The van der Waals surface area contributed by atoms with Crippen LogP contribution in [0.2, 0.25) is 5.02 Å². The van der Waals surface area contributed by atoms with Gasteiger partial charge in [0, 0.05) is 19.0 Å². The highest BCUT2D eigenvalue weighted by atomic mass is 35.5. The zero-order valence-electron chi connectivity index (χ0n) is 11.0. The van der Waals surface area contributed by atoms with Gasteiger partial charge in [0.05, 0.1) is 11.2 Å². The first-order valence-corrected chi connectivity index (χ1v) is 6.95. The molecule has 1 aromatic rings. The topological polar surface area (TPSA) is 46.9 Å². The molecule has 102 valence electrons. The van der Waals surface area contributed by atoms with Gasteiger partial charge in [-0.15, -0.1) is 12.3 Å². The Morgan fingerprint density at radius 3 is 3.00 bits per heavy atom. The minimum absolute atomic E-state index is 0.00903. The molecular weight excluding hydrogens is 262 g/mol. The molecule has 1 atom stereocenters. The Balaban J connectivity index is 2.19. The summed E-state index contributed by atoms with van der Waals surface area (Å²) in [6.07, 6.45) is 10.9. The number of hydrogen-bond donors (Lipinski definition) is 1. The van der Waals surface area contributed by atoms with E-state index in [9.17, 15) is 4.79 Å². The van der Waals surface area contributed by atoms with Crippen molar-refractivity contribution in [2.45, 2.75) is 45.2 Å². The second-order valence-electron chi connectivity index (χ2n) is 5.11. The summed E-state index contributed by atoms with van der Waals surface area (Å²) in [5, 5.41) is 7.53. The average molecular weight is 280 g/mol. The predicted molar refractivity (Wildman–Crippen MR) is 77.4 cm³/mol. The molecule has 1 aliphatic rings. The van der Waals surface area contributed by atoms with Crippen molar-refractivity contribution in [1.29, 1.82) is 0 Å². The largest absolute Gasteiger partial charge is 0.376 e. The molecule has 1 aromatic heterocycles. The van der Waals surface area contributed by atoms with E-state index in [-0.39, 0.29) is 11.6 Å². The molecule has 1 saturated carbocycles. The first-order chi connectivity index (χ1) is 9.11. The minimum Gasteiger partial charge on any atom is -0.376 e. The zero-order valence-corrected chi connectivity index (χ0v) is 11.8. The molecule has 4 nitrogen and oxygen atoms in total. The molecule has 0 spiro atoms. The van der Waals surface area contributed by atoms with Crippen LogP contribution in [0, 0.1) is 18.3 Å². The van der Waals surface area contributed by atoms with Crippen LogP contribution in [0.5, 0.6) is 0 Å². The van der Waals surface area contributed by atoms with Gasteiger partial charge >= 0.3 is 0 Å². The number of anilines is 1. The van der Waals surface area contributed by atoms with Crippen LogP contribution < -0.4 is 10.9 Å². The van der Waals surface area contributed by atoms with Crippen LogP contribution in [-0.2, 0) is 6.54 Å². The van der Waals surface area contributed by atoms with Crippen LogP contribution in [0.25, 0.3) is 0 Å². The number of aromatic nitrogens is 2. The standard InChI is InChI=1S/C14H18ClN3O/c1-3-5-10(2)17-13-12(15)8-16-18(14(13)19)9-11-6-4-7-11/h1,8,10-11,17H,4-7,9H2,2H3. The van der Waals surface area contributed by atoms with Crippen LogP contribution >= 0.6 is 11.6 Å². The lowest BCUT2D eigenvalue weighted by Gasteiger charge is -2.25. The van der Waals surface area contributed by atoms with Crippen molar-refractivity contribution in [3.05, 3.63) is 21.6 Å². The van der Waals surface area contributed by atoms with Crippen molar-refractivity contribution in [2.75, 3.05) is 5.32 Å². The Morgan fingerprint density at radius 1 is 1.68 bits per heavy atom. The zero-order chi connectivity index (χ0) is 13.8. The van der Waals surface area contributed by atoms with Crippen LogP contribution in [0.1, 0.15) is 32.6 Å². The molecule has 1 N–H and O–H groups in total. The van der Waals surface area contributed by atoms with E-state index in [4.69, 9.17) is 18.0 Å². The Morgan fingerprint density at radius 2 is 2.42 bits per heavy atom. The highest BCUT2D eigenvalue weighted by Gasteiger charge is 2.20. The molecule has 1 heterocycles. The lowest BCUT2D eigenvalue weighted by atomic mass is 9.85. The lowest BCUT2D eigenvalue weighted by Crippen LogP contribution is -2.32. The molecular formula is C14H18ClN3O. The van der Waals surface area contributed by atoms with Gasteiger partial charge in [0.25, 0.3) is 5.56 Å². The van der Waals surface area contributed by atoms with E-state index < -0.39 is 0 Å². The Hall–Kier alpha value is -1.47. The third-order valence-electron chi connectivity index (χ3n) is 3.47. The molecule has 0 amide bonds. The Kier molecular flexibility index (Phi) is 4.49. The molecule has 2 rings (SSSR count). The molecule has 1 fully saturated rings. The fourth-order valence-corrected chi connectivity index (χ4v) is 2.30. The van der Waals surface area contributed by atoms with Crippen molar-refractivity contribution < 1.29 is 0 Å². The number of nitrogens with zero attached hydrogens (tertiary/aromatic N) is 2. The maximum atomic E-state index is 12.3. The Labute approximate surface area is 118 Å². The van der Waals surface area contributed by atoms with Gasteiger partial charge in [-0.25, -0.2) is 4.68 Å². The van der Waals surface area contributed by atoms with E-state index in [0.29, 0.717) is 29.6 Å². The molecule has 0 aromatic carbocycles. The van der Waals surface area contributed by atoms with Crippen LogP contribution in [0.4, 0.5) is 5.69 Å². The summed E-state index contributed by atoms with van der Waals surface area (Å²) < 4.78 is 1.50. The molecule has 1 unspecified atom stereocenters. The minimum atomic E-state index is -0.164. The summed E-state index contributed by atoms with van der Waals surface area (Å²) in [4.78, 5) is 12.3. The molecule has 0 saturated heterocycles. The molecule has 19 heavy (non-hydrogen) atoms. The van der Waals surface area contributed by atoms with Gasteiger partial charge in [-0.3, -0.25) is 4.79 Å². The number of terminal acetylenes is 1. The molecule has 0 aliphatic heterocycles. The first-order valence-electron chi connectivity index (χ1n) is 6.57. The molecule has 1 aliphatic carbocycles. The molecule has 0 radical (unpaired) electrons. The maximum absolute atomic E-state index is 12.3. The van der Waals surface area contributed by atoms with Crippen LogP contribution in [0.3, 0.4) is 0 Å². The van der Waals surface area contributed by atoms with Crippen LogP contribution in [0.15, 0.2) is 11.0 Å². The normalized spacial score (nSPS) is 16.5. The van der Waals surface area contributed by atoms with E-state index >= 15 is 0 Å². The second kappa shape index (κ2) is 6.12. The fourth-order valence-electron chi connectivity index (χ4n) is 2.12. The second-order valence-corrected chi connectivity index (χ2v) is 5.51. The van der Waals surface area contributed by atoms with Gasteiger partial charge in [0.15, 0.2) is 0 Å². The highest BCUT2D eigenvalue weighted by Crippen LogP contribution is 2.27. The molecule has 0 bridgehead atoms. The lowest BCUT2D eigenvalue weighted by molar-refractivity contribution is 0.262. The van der Waals surface area contributed by atoms with Crippen LogP contribution in [-0.4, -0.2) is 15.8 Å². The van der Waals surface area contributed by atoms with E-state index in [0.717, 1.165) is 0 Å². The van der Waals surface area contributed by atoms with Crippen molar-refractivity contribution in [2.24, 2.45) is 5.92 Å². The Bertz CT molecular complexity index is 543. The number of hydrogen-bond acceptors (Lipinski definition) is 3. The quantitative estimate of drug-likeness (QED) is 0.843. The van der Waals surface area contributed by atoms with Gasteiger partial charge in [-0.2, -0.15) is 5.10 Å². The van der Waals surface area contributed by atoms with Gasteiger partial charge in [0.2, 0.25) is 0 Å². The van der Waals surface area contributed by atoms with E-state index in [1.54, 1.807) is 0 Å². The fraction of sp³-hybridized carbons (Fsp3) is 0.571. The van der Waals surface area contributed by atoms with Gasteiger partial charge in [-0.05, 0) is 25.7 Å². The summed E-state index contributed by atoms with van der Waals surface area (Å²) in [5.41, 5.74) is 0.238. The number of rotatable bonds is 5. The number of nitrogens with one attached hydrogen (secondary N) is 1. The van der Waals surface area contributed by atoms with Crippen molar-refractivity contribution in [3.63, 3.8) is 0 Å². The van der Waals surface area contributed by atoms with Gasteiger partial charge in [0.1, 0.15) is 5.69 Å². The van der Waals surface area contributed by atoms with E-state index in [2.05, 4.69) is 16.3 Å². The van der Waals surface area contributed by atoms with Crippen molar-refractivity contribution in [3.8, 4) is 12.3 Å². The predicted octanol–water partition coefficient (Wildman–Crippen LogP) is 2.52. The highest BCUT2D eigenvalue weighted by molar-refractivity contribution is 6.33. The number of halogens is 1. The van der Waals surface area contributed by atoms with Crippen molar-refractivity contribution >= 4 is 17.3 Å². The van der Waals surface area contributed by atoms with E-state index in [1.807, 2.05) is 6.92 Å². The smallest absolute Gasteiger partial charge is 0.291 e. The van der Waals surface area contributed by atoms with Gasteiger partial charge < -0.3 is 5.32 Å². The SMILES string of the molecule is C#CCC(C)Nc1c(Cl)cnn(CC2CCC2)c1=O. The van der Waals surface area contributed by atoms with Crippen molar-refractivity contribution in [1.82, 2.24) is 9.78 Å². The monoisotopic (exact) mass is 279 g/mol. The third kappa shape index (κ3) is 3.30. The van der Waals surface area contributed by atoms with Gasteiger partial charge in [-0.1, -0.05) is 18.0 Å². The van der Waals surface area contributed by atoms with E-state index in [1.165, 1.54) is 30.1 Å². The first kappa shape index (κ1) is 14.0. The summed E-state index contributed by atoms with van der Waals surface area (Å²) in [5.74, 6) is 3.13. The average Bonchev–Trinajstić information content (AvgIpc) is 2.32. The summed E-state index contributed by atoms with van der Waals surface area (Å²) in [6.45, 7) is 2.60. The summed E-state index contributed by atoms with van der Waals surface area (Å²) in [6, 6.07) is 0.00903. The molecule has 5 heteroatoms.